The molecule has 1 amide bonds. The Labute approximate surface area is 139 Å². The fourth-order valence-corrected chi connectivity index (χ4v) is 2.17. The van der Waals surface area contributed by atoms with Crippen LogP contribution in [-0.2, 0) is 0 Å². The molecule has 0 aliphatic rings. The Morgan fingerprint density at radius 3 is 2.17 bits per heavy atom. The second-order valence-corrected chi connectivity index (χ2v) is 5.10. The maximum absolute atomic E-state index is 12.2. The molecule has 2 aromatic rings. The molecule has 2 rings (SSSR count). The van der Waals surface area contributed by atoms with Crippen molar-refractivity contribution < 1.29 is 23.0 Å². The molecule has 0 fully saturated rings. The van der Waals surface area contributed by atoms with Gasteiger partial charge in [0.1, 0.15) is 11.5 Å². The van der Waals surface area contributed by atoms with Crippen LogP contribution < -0.4 is 14.8 Å². The second-order valence-electron chi connectivity index (χ2n) is 5.10. The van der Waals surface area contributed by atoms with Crippen LogP contribution in [0.5, 0.6) is 11.5 Å². The second kappa shape index (κ2) is 8.29. The third-order valence-electron chi connectivity index (χ3n) is 3.38. The molecule has 1 unspecified atom stereocenters. The molecular weight excluding hydrogens is 316 g/mol. The minimum atomic E-state index is -2.88. The number of carbonyl (C=O) groups excluding carboxylic acids is 1. The summed E-state index contributed by atoms with van der Waals surface area (Å²) in [6, 6.07) is 12.8. The maximum Gasteiger partial charge on any atom is 0.387 e. The third-order valence-corrected chi connectivity index (χ3v) is 3.38. The van der Waals surface area contributed by atoms with E-state index in [1.807, 2.05) is 38.1 Å². The molecule has 0 radical (unpaired) electrons. The number of halogens is 2. The first-order valence-corrected chi connectivity index (χ1v) is 7.58. The number of carbonyl (C=O) groups is 1. The van der Waals surface area contributed by atoms with Crippen molar-refractivity contribution in [2.45, 2.75) is 26.5 Å². The number of alkyl halides is 2. The summed E-state index contributed by atoms with van der Waals surface area (Å²) in [4.78, 5) is 12.2. The third kappa shape index (κ3) is 4.94. The van der Waals surface area contributed by atoms with Crippen molar-refractivity contribution in [1.82, 2.24) is 5.32 Å². The van der Waals surface area contributed by atoms with Crippen molar-refractivity contribution in [2.24, 2.45) is 0 Å². The Morgan fingerprint density at radius 1 is 1.04 bits per heavy atom. The van der Waals surface area contributed by atoms with Crippen LogP contribution in [0.15, 0.2) is 48.5 Å². The minimum Gasteiger partial charge on any atom is -0.494 e. The monoisotopic (exact) mass is 335 g/mol. The van der Waals surface area contributed by atoms with Gasteiger partial charge in [0, 0.05) is 5.56 Å². The van der Waals surface area contributed by atoms with E-state index in [-0.39, 0.29) is 17.7 Å². The molecule has 0 heterocycles. The Kier molecular flexibility index (Phi) is 6.12. The van der Waals surface area contributed by atoms with E-state index in [4.69, 9.17) is 4.74 Å². The summed E-state index contributed by atoms with van der Waals surface area (Å²) in [5.41, 5.74) is 1.30. The molecule has 6 heteroatoms. The first-order chi connectivity index (χ1) is 11.5. The summed E-state index contributed by atoms with van der Waals surface area (Å²) >= 11 is 0. The van der Waals surface area contributed by atoms with Crippen molar-refractivity contribution in [1.29, 1.82) is 0 Å². The van der Waals surface area contributed by atoms with E-state index in [9.17, 15) is 13.6 Å². The molecule has 0 aliphatic carbocycles. The SMILES string of the molecule is CCOc1ccc(C(C)NC(=O)c2ccc(OC(F)F)cc2)cc1. The highest BCUT2D eigenvalue weighted by molar-refractivity contribution is 5.94. The van der Waals surface area contributed by atoms with E-state index in [0.717, 1.165) is 11.3 Å². The topological polar surface area (TPSA) is 47.6 Å². The predicted molar refractivity (Wildman–Crippen MR) is 86.6 cm³/mol. The Morgan fingerprint density at radius 2 is 1.62 bits per heavy atom. The highest BCUT2D eigenvalue weighted by atomic mass is 19.3. The van der Waals surface area contributed by atoms with E-state index in [1.165, 1.54) is 24.3 Å². The summed E-state index contributed by atoms with van der Waals surface area (Å²) in [6.45, 7) is 1.48. The molecule has 1 atom stereocenters. The molecule has 0 spiro atoms. The van der Waals surface area contributed by atoms with Crippen molar-refractivity contribution in [3.05, 3.63) is 59.7 Å². The number of hydrogen-bond acceptors (Lipinski definition) is 3. The van der Waals surface area contributed by atoms with E-state index in [2.05, 4.69) is 10.1 Å². The van der Waals surface area contributed by atoms with Crippen LogP contribution in [0.2, 0.25) is 0 Å². The first-order valence-electron chi connectivity index (χ1n) is 7.58. The van der Waals surface area contributed by atoms with Crippen LogP contribution in [0.1, 0.15) is 35.8 Å². The smallest absolute Gasteiger partial charge is 0.387 e. The highest BCUT2D eigenvalue weighted by Gasteiger charge is 2.12. The van der Waals surface area contributed by atoms with E-state index in [1.54, 1.807) is 0 Å². The van der Waals surface area contributed by atoms with E-state index < -0.39 is 6.61 Å². The quantitative estimate of drug-likeness (QED) is 0.826. The largest absolute Gasteiger partial charge is 0.494 e. The van der Waals surface area contributed by atoms with Crippen LogP contribution in [-0.4, -0.2) is 19.1 Å². The molecular formula is C18H19F2NO3. The van der Waals surface area contributed by atoms with Gasteiger partial charge in [-0.2, -0.15) is 8.78 Å². The lowest BCUT2D eigenvalue weighted by molar-refractivity contribution is -0.0498. The molecule has 0 saturated carbocycles. The van der Waals surface area contributed by atoms with Gasteiger partial charge in [-0.05, 0) is 55.8 Å². The molecule has 0 aliphatic heterocycles. The zero-order chi connectivity index (χ0) is 17.5. The Bertz CT molecular complexity index is 657. The minimum absolute atomic E-state index is 0.0149. The van der Waals surface area contributed by atoms with E-state index >= 15 is 0 Å². The van der Waals surface area contributed by atoms with Gasteiger partial charge in [0.25, 0.3) is 5.91 Å². The fourth-order valence-electron chi connectivity index (χ4n) is 2.17. The fraction of sp³-hybridized carbons (Fsp3) is 0.278. The lowest BCUT2D eigenvalue weighted by Crippen LogP contribution is -2.26. The van der Waals surface area contributed by atoms with E-state index in [0.29, 0.717) is 12.2 Å². The van der Waals surface area contributed by atoms with Crippen molar-refractivity contribution >= 4 is 5.91 Å². The van der Waals surface area contributed by atoms with Gasteiger partial charge in [-0.3, -0.25) is 4.79 Å². The van der Waals surface area contributed by atoms with Gasteiger partial charge in [-0.25, -0.2) is 0 Å². The van der Waals surface area contributed by atoms with Crippen LogP contribution in [0.4, 0.5) is 8.78 Å². The molecule has 0 saturated heterocycles. The van der Waals surface area contributed by atoms with Gasteiger partial charge >= 0.3 is 6.61 Å². The molecule has 24 heavy (non-hydrogen) atoms. The van der Waals surface area contributed by atoms with Gasteiger partial charge in [0.05, 0.1) is 12.6 Å². The van der Waals surface area contributed by atoms with Crippen LogP contribution in [0, 0.1) is 0 Å². The standard InChI is InChI=1S/C18H19F2NO3/c1-3-23-15-8-4-13(5-9-15)12(2)21-17(22)14-6-10-16(11-7-14)24-18(19)20/h4-12,18H,3H2,1-2H3,(H,21,22). The number of ether oxygens (including phenoxy) is 2. The van der Waals surface area contributed by atoms with Gasteiger partial charge in [-0.15, -0.1) is 0 Å². The molecule has 2 aromatic carbocycles. The number of hydrogen-bond donors (Lipinski definition) is 1. The molecule has 0 aromatic heterocycles. The summed E-state index contributed by atoms with van der Waals surface area (Å²) < 4.78 is 33.8. The number of rotatable bonds is 7. The van der Waals surface area contributed by atoms with Gasteiger partial charge in [0.15, 0.2) is 0 Å². The van der Waals surface area contributed by atoms with Crippen LogP contribution in [0.3, 0.4) is 0 Å². The number of nitrogens with one attached hydrogen (secondary N) is 1. The maximum atomic E-state index is 12.2. The summed E-state index contributed by atoms with van der Waals surface area (Å²) in [5.74, 6) is 0.496. The zero-order valence-corrected chi connectivity index (χ0v) is 13.5. The lowest BCUT2D eigenvalue weighted by Gasteiger charge is -2.15. The van der Waals surface area contributed by atoms with Crippen molar-refractivity contribution in [3.8, 4) is 11.5 Å². The van der Waals surface area contributed by atoms with Crippen molar-refractivity contribution in [2.75, 3.05) is 6.61 Å². The lowest BCUT2D eigenvalue weighted by atomic mass is 10.1. The first kappa shape index (κ1) is 17.7. The molecule has 4 nitrogen and oxygen atoms in total. The summed E-state index contributed by atoms with van der Waals surface area (Å²) in [6.07, 6.45) is 0. The van der Waals surface area contributed by atoms with Gasteiger partial charge in [-0.1, -0.05) is 12.1 Å². The highest BCUT2D eigenvalue weighted by Crippen LogP contribution is 2.19. The average Bonchev–Trinajstić information content (AvgIpc) is 2.56. The summed E-state index contributed by atoms with van der Waals surface area (Å²) in [7, 11) is 0. The summed E-state index contributed by atoms with van der Waals surface area (Å²) in [5, 5.41) is 2.86. The van der Waals surface area contributed by atoms with Crippen LogP contribution in [0.25, 0.3) is 0 Å². The van der Waals surface area contributed by atoms with Crippen molar-refractivity contribution in [3.63, 3.8) is 0 Å². The average molecular weight is 335 g/mol. The predicted octanol–water partition coefficient (Wildman–Crippen LogP) is 4.18. The molecule has 128 valence electrons. The zero-order valence-electron chi connectivity index (χ0n) is 13.5. The number of benzene rings is 2. The molecule has 1 N–H and O–H groups in total. The number of amides is 1. The Balaban J connectivity index is 1.97. The molecule has 0 bridgehead atoms. The van der Waals surface area contributed by atoms with Gasteiger partial charge < -0.3 is 14.8 Å². The Hall–Kier alpha value is -2.63. The normalized spacial score (nSPS) is 11.9. The van der Waals surface area contributed by atoms with Crippen LogP contribution >= 0.6 is 0 Å². The van der Waals surface area contributed by atoms with Gasteiger partial charge in [0.2, 0.25) is 0 Å².